The zero-order valence-corrected chi connectivity index (χ0v) is 15.2. The van der Waals surface area contributed by atoms with Gasteiger partial charge in [0.25, 0.3) is 0 Å². The lowest BCUT2D eigenvalue weighted by molar-refractivity contribution is 0.215. The third kappa shape index (κ3) is 4.27. The van der Waals surface area contributed by atoms with Gasteiger partial charge in [0.15, 0.2) is 0 Å². The van der Waals surface area contributed by atoms with Gasteiger partial charge in [-0.05, 0) is 46.5 Å². The Morgan fingerprint density at radius 2 is 1.11 bits per heavy atom. The molecule has 0 aliphatic carbocycles. The third-order valence-corrected chi connectivity index (χ3v) is 4.37. The highest BCUT2D eigenvalue weighted by molar-refractivity contribution is 5.87. The van der Waals surface area contributed by atoms with Gasteiger partial charge in [-0.3, -0.25) is 5.32 Å². The predicted molar refractivity (Wildman–Crippen MR) is 113 cm³/mol. The maximum atomic E-state index is 12.3. The molecule has 4 aromatic rings. The van der Waals surface area contributed by atoms with Crippen LogP contribution in [-0.2, 0) is 0 Å². The highest BCUT2D eigenvalue weighted by atomic mass is 16.6. The molecule has 0 fully saturated rings. The molecule has 0 atom stereocenters. The van der Waals surface area contributed by atoms with Crippen LogP contribution in [-0.4, -0.2) is 6.09 Å². The fourth-order valence-electron chi connectivity index (χ4n) is 3.03. The van der Waals surface area contributed by atoms with Crippen LogP contribution >= 0.6 is 0 Å². The summed E-state index contributed by atoms with van der Waals surface area (Å²) < 4.78 is 5.48. The zero-order chi connectivity index (χ0) is 19.2. The summed E-state index contributed by atoms with van der Waals surface area (Å²) >= 11 is 0. The van der Waals surface area contributed by atoms with Gasteiger partial charge in [-0.2, -0.15) is 0 Å². The standard InChI is InChI=1S/C25H19NO2/c27-25(26-23-15-7-13-21(17-23)19-9-3-1-4-10-19)28-24-16-8-14-22(18-24)20-11-5-2-6-12-20/h1-18H,(H,26,27). The molecule has 0 aliphatic heterocycles. The van der Waals surface area contributed by atoms with E-state index in [0.29, 0.717) is 11.4 Å². The molecule has 1 amide bonds. The Labute approximate surface area is 164 Å². The number of amides is 1. The van der Waals surface area contributed by atoms with Crippen molar-refractivity contribution in [3.8, 4) is 28.0 Å². The minimum absolute atomic E-state index is 0.498. The molecule has 0 bridgehead atoms. The van der Waals surface area contributed by atoms with Gasteiger partial charge in [0.05, 0.1) is 0 Å². The van der Waals surface area contributed by atoms with Gasteiger partial charge in [0, 0.05) is 5.69 Å². The van der Waals surface area contributed by atoms with E-state index in [2.05, 4.69) is 5.32 Å². The number of rotatable bonds is 4. The molecule has 3 heteroatoms. The van der Waals surface area contributed by atoms with Crippen LogP contribution in [0.15, 0.2) is 109 Å². The van der Waals surface area contributed by atoms with E-state index in [9.17, 15) is 4.79 Å². The van der Waals surface area contributed by atoms with E-state index in [-0.39, 0.29) is 0 Å². The van der Waals surface area contributed by atoms with Crippen LogP contribution in [0.2, 0.25) is 0 Å². The van der Waals surface area contributed by atoms with E-state index < -0.39 is 6.09 Å². The number of benzene rings is 4. The van der Waals surface area contributed by atoms with E-state index in [0.717, 1.165) is 22.3 Å². The largest absolute Gasteiger partial charge is 0.417 e. The van der Waals surface area contributed by atoms with Crippen LogP contribution in [0.3, 0.4) is 0 Å². The normalized spacial score (nSPS) is 10.3. The first kappa shape index (κ1) is 17.6. The minimum Gasteiger partial charge on any atom is -0.410 e. The molecule has 0 spiro atoms. The minimum atomic E-state index is -0.518. The average molecular weight is 365 g/mol. The van der Waals surface area contributed by atoms with E-state index in [1.54, 1.807) is 6.07 Å². The Balaban J connectivity index is 1.47. The van der Waals surface area contributed by atoms with Gasteiger partial charge < -0.3 is 4.74 Å². The summed E-state index contributed by atoms with van der Waals surface area (Å²) in [6.07, 6.45) is -0.518. The van der Waals surface area contributed by atoms with Gasteiger partial charge in [-0.25, -0.2) is 4.79 Å². The van der Waals surface area contributed by atoms with Crippen molar-refractivity contribution in [1.82, 2.24) is 0 Å². The van der Waals surface area contributed by atoms with Crippen molar-refractivity contribution in [2.24, 2.45) is 0 Å². The van der Waals surface area contributed by atoms with Crippen molar-refractivity contribution < 1.29 is 9.53 Å². The Kier molecular flexibility index (Phi) is 5.16. The summed E-state index contributed by atoms with van der Waals surface area (Å²) in [5, 5.41) is 2.80. The highest BCUT2D eigenvalue weighted by Crippen LogP contribution is 2.25. The van der Waals surface area contributed by atoms with Crippen molar-refractivity contribution >= 4 is 11.8 Å². The topological polar surface area (TPSA) is 38.3 Å². The van der Waals surface area contributed by atoms with Crippen LogP contribution in [0.25, 0.3) is 22.3 Å². The molecule has 136 valence electrons. The Morgan fingerprint density at radius 3 is 1.75 bits per heavy atom. The lowest BCUT2D eigenvalue weighted by atomic mass is 10.1. The number of nitrogens with one attached hydrogen (secondary N) is 1. The molecule has 1 N–H and O–H groups in total. The van der Waals surface area contributed by atoms with Crippen molar-refractivity contribution in [2.45, 2.75) is 0 Å². The van der Waals surface area contributed by atoms with Crippen molar-refractivity contribution in [3.05, 3.63) is 109 Å². The maximum absolute atomic E-state index is 12.3. The smallest absolute Gasteiger partial charge is 0.410 e. The molecule has 4 aromatic carbocycles. The number of carbonyl (C=O) groups excluding carboxylic acids is 1. The Hall–Kier alpha value is -3.85. The van der Waals surface area contributed by atoms with Gasteiger partial charge in [0.1, 0.15) is 5.75 Å². The lowest BCUT2D eigenvalue weighted by Gasteiger charge is -2.09. The summed E-state index contributed by atoms with van der Waals surface area (Å²) in [5.74, 6) is 0.498. The number of ether oxygens (including phenoxy) is 1. The first-order valence-corrected chi connectivity index (χ1v) is 9.08. The number of carbonyl (C=O) groups is 1. The summed E-state index contributed by atoms with van der Waals surface area (Å²) in [4.78, 5) is 12.3. The highest BCUT2D eigenvalue weighted by Gasteiger charge is 2.07. The van der Waals surface area contributed by atoms with Crippen molar-refractivity contribution in [2.75, 3.05) is 5.32 Å². The SMILES string of the molecule is O=C(Nc1cccc(-c2ccccc2)c1)Oc1cccc(-c2ccccc2)c1. The predicted octanol–water partition coefficient (Wildman–Crippen LogP) is 6.63. The maximum Gasteiger partial charge on any atom is 0.417 e. The molecule has 3 nitrogen and oxygen atoms in total. The number of anilines is 1. The molecule has 0 saturated carbocycles. The summed E-state index contributed by atoms with van der Waals surface area (Å²) in [6.45, 7) is 0. The second kappa shape index (κ2) is 8.23. The molecule has 0 aromatic heterocycles. The Morgan fingerprint density at radius 1 is 0.571 bits per heavy atom. The molecular weight excluding hydrogens is 346 g/mol. The second-order valence-electron chi connectivity index (χ2n) is 6.36. The molecule has 0 aliphatic rings. The van der Waals surface area contributed by atoms with Crippen LogP contribution in [0.4, 0.5) is 10.5 Å². The Bertz CT molecular complexity index is 989. The van der Waals surface area contributed by atoms with E-state index in [1.165, 1.54) is 0 Å². The molecule has 0 unspecified atom stereocenters. The fraction of sp³-hybridized carbons (Fsp3) is 0. The third-order valence-electron chi connectivity index (χ3n) is 4.37. The van der Waals surface area contributed by atoms with E-state index in [4.69, 9.17) is 4.74 Å². The summed E-state index contributed by atoms with van der Waals surface area (Å²) in [6, 6.07) is 35.2. The monoisotopic (exact) mass is 365 g/mol. The summed E-state index contributed by atoms with van der Waals surface area (Å²) in [5.41, 5.74) is 4.88. The number of hydrogen-bond donors (Lipinski definition) is 1. The molecule has 0 saturated heterocycles. The fourth-order valence-corrected chi connectivity index (χ4v) is 3.03. The molecule has 4 rings (SSSR count). The second-order valence-corrected chi connectivity index (χ2v) is 6.36. The van der Waals surface area contributed by atoms with Crippen molar-refractivity contribution in [3.63, 3.8) is 0 Å². The van der Waals surface area contributed by atoms with Crippen LogP contribution in [0, 0.1) is 0 Å². The van der Waals surface area contributed by atoms with Crippen LogP contribution in [0.5, 0.6) is 5.75 Å². The first-order valence-electron chi connectivity index (χ1n) is 9.08. The molecule has 0 heterocycles. The first-order chi connectivity index (χ1) is 13.8. The quantitative estimate of drug-likeness (QED) is 0.441. The lowest BCUT2D eigenvalue weighted by Crippen LogP contribution is -2.16. The van der Waals surface area contributed by atoms with Crippen molar-refractivity contribution in [1.29, 1.82) is 0 Å². The van der Waals surface area contributed by atoms with E-state index in [1.807, 2.05) is 103 Å². The van der Waals surface area contributed by atoms with E-state index >= 15 is 0 Å². The molecular formula is C25H19NO2. The average Bonchev–Trinajstić information content (AvgIpc) is 2.75. The van der Waals surface area contributed by atoms with Crippen LogP contribution < -0.4 is 10.1 Å². The number of hydrogen-bond acceptors (Lipinski definition) is 2. The van der Waals surface area contributed by atoms with Gasteiger partial charge in [0.2, 0.25) is 0 Å². The van der Waals surface area contributed by atoms with Gasteiger partial charge >= 0.3 is 6.09 Å². The summed E-state index contributed by atoms with van der Waals surface area (Å²) in [7, 11) is 0. The van der Waals surface area contributed by atoms with Gasteiger partial charge in [-0.1, -0.05) is 84.9 Å². The van der Waals surface area contributed by atoms with Crippen LogP contribution in [0.1, 0.15) is 0 Å². The van der Waals surface area contributed by atoms with Gasteiger partial charge in [-0.15, -0.1) is 0 Å². The zero-order valence-electron chi connectivity index (χ0n) is 15.2. The molecule has 0 radical (unpaired) electrons. The molecule has 28 heavy (non-hydrogen) atoms.